The Morgan fingerprint density at radius 2 is 2.10 bits per heavy atom. The van der Waals surface area contributed by atoms with E-state index in [9.17, 15) is 4.79 Å². The van der Waals surface area contributed by atoms with Gasteiger partial charge in [0.15, 0.2) is 5.69 Å². The first-order chi connectivity index (χ1) is 9.63. The highest BCUT2D eigenvalue weighted by molar-refractivity contribution is 7.99. The maximum Gasteiger partial charge on any atom is 0.360 e. The molecular weight excluding hydrogens is 276 g/mol. The molecule has 2 heterocycles. The van der Waals surface area contributed by atoms with Crippen LogP contribution in [-0.2, 0) is 11.3 Å². The van der Waals surface area contributed by atoms with E-state index >= 15 is 0 Å². The molecule has 0 atom stereocenters. The van der Waals surface area contributed by atoms with E-state index in [0.29, 0.717) is 12.4 Å². The lowest BCUT2D eigenvalue weighted by Crippen LogP contribution is -2.35. The second-order valence-electron chi connectivity index (χ2n) is 4.72. The van der Waals surface area contributed by atoms with Gasteiger partial charge in [-0.25, -0.2) is 9.78 Å². The third-order valence-corrected chi connectivity index (χ3v) is 4.35. The van der Waals surface area contributed by atoms with E-state index in [1.165, 1.54) is 11.5 Å². The molecule has 1 aliphatic heterocycles. The number of imidazole rings is 1. The number of carbonyl (C=O) groups is 1. The molecule has 1 saturated heterocycles. The van der Waals surface area contributed by atoms with Crippen LogP contribution < -0.4 is 5.73 Å². The molecule has 6 nitrogen and oxygen atoms in total. The molecule has 1 aromatic rings. The van der Waals surface area contributed by atoms with Gasteiger partial charge in [-0.15, -0.1) is 0 Å². The van der Waals surface area contributed by atoms with Crippen LogP contribution in [0, 0.1) is 6.92 Å². The molecule has 0 unspecified atom stereocenters. The van der Waals surface area contributed by atoms with Gasteiger partial charge in [0.1, 0.15) is 11.6 Å². The van der Waals surface area contributed by atoms with Crippen LogP contribution in [0.5, 0.6) is 0 Å². The van der Waals surface area contributed by atoms with Crippen molar-refractivity contribution >= 4 is 23.5 Å². The second kappa shape index (κ2) is 6.99. The van der Waals surface area contributed by atoms with Crippen LogP contribution in [0.2, 0.25) is 0 Å². The second-order valence-corrected chi connectivity index (χ2v) is 5.94. The van der Waals surface area contributed by atoms with Crippen LogP contribution in [0.3, 0.4) is 0 Å². The number of carbonyl (C=O) groups excluding carboxylic acids is 1. The number of nitrogens with two attached hydrogens (primary N) is 1. The largest absolute Gasteiger partial charge is 0.461 e. The van der Waals surface area contributed by atoms with E-state index in [1.807, 2.05) is 23.3 Å². The number of esters is 1. The molecule has 2 N–H and O–H groups in total. The summed E-state index contributed by atoms with van der Waals surface area (Å²) in [4.78, 5) is 18.4. The maximum atomic E-state index is 11.7. The van der Waals surface area contributed by atoms with Crippen molar-refractivity contribution < 1.29 is 9.53 Å². The van der Waals surface area contributed by atoms with Gasteiger partial charge in [0.25, 0.3) is 0 Å². The lowest BCUT2D eigenvalue weighted by molar-refractivity contribution is 0.0521. The van der Waals surface area contributed by atoms with E-state index in [1.54, 1.807) is 6.92 Å². The van der Waals surface area contributed by atoms with Gasteiger partial charge in [0.05, 0.1) is 6.61 Å². The van der Waals surface area contributed by atoms with Crippen LogP contribution in [0.1, 0.15) is 23.2 Å². The monoisotopic (exact) mass is 298 g/mol. The maximum absolute atomic E-state index is 11.7. The summed E-state index contributed by atoms with van der Waals surface area (Å²) in [5, 5.41) is 0. The minimum atomic E-state index is -0.443. The number of nitrogens with zero attached hydrogens (tertiary/aromatic N) is 3. The summed E-state index contributed by atoms with van der Waals surface area (Å²) in [6.45, 7) is 7.89. The first-order valence-electron chi connectivity index (χ1n) is 6.93. The van der Waals surface area contributed by atoms with Crippen LogP contribution >= 0.6 is 11.8 Å². The van der Waals surface area contributed by atoms with E-state index < -0.39 is 5.97 Å². The molecule has 0 radical (unpaired) electrons. The van der Waals surface area contributed by atoms with Crippen LogP contribution in [0.25, 0.3) is 0 Å². The fraction of sp³-hybridized carbons (Fsp3) is 0.692. The number of thioether (sulfide) groups is 1. The first kappa shape index (κ1) is 15.2. The SMILES string of the molecule is CCOC(=O)c1nc(C)n(CCN2CCSCC2)c1N. The number of hydrogen-bond acceptors (Lipinski definition) is 6. The molecule has 0 aliphatic carbocycles. The Kier molecular flexibility index (Phi) is 5.31. The zero-order valence-corrected chi connectivity index (χ0v) is 12.9. The van der Waals surface area contributed by atoms with Crippen molar-refractivity contribution in [1.82, 2.24) is 14.5 Å². The van der Waals surface area contributed by atoms with Gasteiger partial charge in [-0.05, 0) is 13.8 Å². The van der Waals surface area contributed by atoms with Gasteiger partial charge in [0, 0.05) is 37.7 Å². The fourth-order valence-corrected chi connectivity index (χ4v) is 3.26. The Balaban J connectivity index is 2.02. The van der Waals surface area contributed by atoms with E-state index in [4.69, 9.17) is 10.5 Å². The molecule has 2 rings (SSSR count). The zero-order chi connectivity index (χ0) is 14.5. The van der Waals surface area contributed by atoms with Gasteiger partial charge in [-0.1, -0.05) is 0 Å². The minimum Gasteiger partial charge on any atom is -0.461 e. The van der Waals surface area contributed by atoms with Gasteiger partial charge in [0.2, 0.25) is 0 Å². The van der Waals surface area contributed by atoms with E-state index in [0.717, 1.165) is 32.0 Å². The Bertz CT molecular complexity index is 469. The number of hydrogen-bond donors (Lipinski definition) is 1. The molecule has 0 spiro atoms. The van der Waals surface area contributed by atoms with Crippen molar-refractivity contribution in [2.24, 2.45) is 0 Å². The summed E-state index contributed by atoms with van der Waals surface area (Å²) < 4.78 is 6.86. The Morgan fingerprint density at radius 1 is 1.40 bits per heavy atom. The molecule has 0 bridgehead atoms. The molecule has 1 aromatic heterocycles. The van der Waals surface area contributed by atoms with Gasteiger partial charge < -0.3 is 15.0 Å². The molecule has 7 heteroatoms. The molecule has 20 heavy (non-hydrogen) atoms. The number of aryl methyl sites for hydroxylation is 1. The van der Waals surface area contributed by atoms with Gasteiger partial charge in [-0.2, -0.15) is 11.8 Å². The summed E-state index contributed by atoms with van der Waals surface area (Å²) in [7, 11) is 0. The topological polar surface area (TPSA) is 73.4 Å². The molecule has 0 saturated carbocycles. The van der Waals surface area contributed by atoms with E-state index in [-0.39, 0.29) is 5.69 Å². The number of rotatable bonds is 5. The van der Waals surface area contributed by atoms with Gasteiger partial charge in [-0.3, -0.25) is 4.90 Å². The normalized spacial score (nSPS) is 16.3. The quantitative estimate of drug-likeness (QED) is 0.818. The highest BCUT2D eigenvalue weighted by Gasteiger charge is 2.20. The lowest BCUT2D eigenvalue weighted by Gasteiger charge is -2.26. The average Bonchev–Trinajstić information content (AvgIpc) is 2.73. The Labute approximate surface area is 123 Å². The number of nitrogen functional groups attached to an aromatic ring is 1. The van der Waals surface area contributed by atoms with Gasteiger partial charge >= 0.3 is 5.97 Å². The Morgan fingerprint density at radius 3 is 2.75 bits per heavy atom. The molecule has 0 aromatic carbocycles. The highest BCUT2D eigenvalue weighted by Crippen LogP contribution is 2.16. The molecule has 1 aliphatic rings. The number of anilines is 1. The summed E-state index contributed by atoms with van der Waals surface area (Å²) in [5.41, 5.74) is 6.26. The molecular formula is C13H22N4O2S. The van der Waals surface area contributed by atoms with Crippen LogP contribution in [-0.4, -0.2) is 58.2 Å². The summed E-state index contributed by atoms with van der Waals surface area (Å²) in [6, 6.07) is 0. The average molecular weight is 298 g/mol. The summed E-state index contributed by atoms with van der Waals surface area (Å²) in [5.74, 6) is 3.10. The summed E-state index contributed by atoms with van der Waals surface area (Å²) in [6.07, 6.45) is 0. The van der Waals surface area contributed by atoms with Crippen LogP contribution in [0.4, 0.5) is 5.82 Å². The third-order valence-electron chi connectivity index (χ3n) is 3.41. The standard InChI is InChI=1S/C13H22N4O2S/c1-3-19-13(18)11-12(14)17(10(2)15-11)5-4-16-6-8-20-9-7-16/h3-9,14H2,1-2H3. The predicted octanol–water partition coefficient (Wildman–Crippen LogP) is 0.999. The number of ether oxygens (including phenoxy) is 1. The third kappa shape index (κ3) is 3.46. The molecule has 1 fully saturated rings. The van der Waals surface area contributed by atoms with Crippen molar-refractivity contribution in [2.75, 3.05) is 43.5 Å². The van der Waals surface area contributed by atoms with Crippen molar-refractivity contribution in [3.63, 3.8) is 0 Å². The smallest absolute Gasteiger partial charge is 0.360 e. The summed E-state index contributed by atoms with van der Waals surface area (Å²) >= 11 is 1.99. The van der Waals surface area contributed by atoms with Crippen molar-refractivity contribution in [2.45, 2.75) is 20.4 Å². The first-order valence-corrected chi connectivity index (χ1v) is 8.08. The predicted molar refractivity (Wildman–Crippen MR) is 81.1 cm³/mol. The van der Waals surface area contributed by atoms with E-state index in [2.05, 4.69) is 9.88 Å². The fourth-order valence-electron chi connectivity index (χ4n) is 2.28. The van der Waals surface area contributed by atoms with Crippen molar-refractivity contribution in [1.29, 1.82) is 0 Å². The lowest BCUT2D eigenvalue weighted by atomic mass is 10.4. The van der Waals surface area contributed by atoms with Crippen LogP contribution in [0.15, 0.2) is 0 Å². The minimum absolute atomic E-state index is 0.235. The zero-order valence-electron chi connectivity index (χ0n) is 12.1. The Hall–Kier alpha value is -1.21. The molecule has 112 valence electrons. The number of aromatic nitrogens is 2. The van der Waals surface area contributed by atoms with Crippen molar-refractivity contribution in [3.05, 3.63) is 11.5 Å². The molecule has 0 amide bonds. The van der Waals surface area contributed by atoms with Crippen molar-refractivity contribution in [3.8, 4) is 0 Å². The highest BCUT2D eigenvalue weighted by atomic mass is 32.2.